The van der Waals surface area contributed by atoms with Crippen molar-refractivity contribution in [2.75, 3.05) is 6.26 Å². The van der Waals surface area contributed by atoms with E-state index < -0.39 is 9.92 Å². The van der Waals surface area contributed by atoms with E-state index in [2.05, 4.69) is 22.2 Å². The molecule has 0 spiro atoms. The molecule has 1 aromatic rings. The molecule has 0 saturated heterocycles. The first-order valence-corrected chi connectivity index (χ1v) is 6.81. The van der Waals surface area contributed by atoms with E-state index in [1.807, 2.05) is 6.07 Å². The second-order valence-electron chi connectivity index (χ2n) is 3.87. The normalized spacial score (nSPS) is 17.3. The molecule has 1 aliphatic rings. The molecular formula is C10H16ClN3OS. The Bertz CT molecular complexity index is 473. The molecule has 4 nitrogen and oxygen atoms in total. The van der Waals surface area contributed by atoms with Gasteiger partial charge in [0.25, 0.3) is 0 Å². The Morgan fingerprint density at radius 3 is 2.81 bits per heavy atom. The van der Waals surface area contributed by atoms with Crippen LogP contribution < -0.4 is 10.0 Å². The highest BCUT2D eigenvalue weighted by atomic mass is 35.5. The fourth-order valence-electron chi connectivity index (χ4n) is 1.68. The average molecular weight is 262 g/mol. The van der Waals surface area contributed by atoms with Gasteiger partial charge < -0.3 is 5.32 Å². The van der Waals surface area contributed by atoms with Crippen LogP contribution in [0.5, 0.6) is 0 Å². The second kappa shape index (κ2) is 5.14. The first-order valence-electron chi connectivity index (χ1n) is 4.84. The number of hydrogen-bond donors (Lipinski definition) is 3. The lowest BCUT2D eigenvalue weighted by molar-refractivity contribution is 0.666. The number of rotatable bonds is 3. The van der Waals surface area contributed by atoms with Crippen molar-refractivity contribution in [2.45, 2.75) is 19.6 Å². The molecular weight excluding hydrogens is 246 g/mol. The minimum absolute atomic E-state index is 0. The zero-order valence-corrected chi connectivity index (χ0v) is 10.7. The first-order chi connectivity index (χ1) is 7.04. The molecule has 3 N–H and O–H groups in total. The van der Waals surface area contributed by atoms with Crippen LogP contribution in [0, 0.1) is 4.78 Å². The molecule has 0 aromatic heterocycles. The highest BCUT2D eigenvalue weighted by Gasteiger charge is 2.09. The van der Waals surface area contributed by atoms with Crippen molar-refractivity contribution in [1.82, 2.24) is 10.0 Å². The number of fused-ring (bicyclic) bond motifs is 1. The average Bonchev–Trinajstić information content (AvgIpc) is 2.60. The van der Waals surface area contributed by atoms with Gasteiger partial charge in [0.05, 0.1) is 0 Å². The number of benzene rings is 1. The minimum atomic E-state index is -2.60. The molecule has 2 rings (SSSR count). The largest absolute Gasteiger partial charge is 0.309 e. The molecule has 0 fully saturated rings. The fourth-order valence-corrected chi connectivity index (χ4v) is 2.12. The standard InChI is InChI=1S/C10H15N3OS.ClH/c1-15(11,14)13-5-8-2-3-9-6-12-7-10(9)4-8;/h2-4,12H,5-7H2,1H3,(H2,11,13,14);1H. The van der Waals surface area contributed by atoms with Gasteiger partial charge in [-0.1, -0.05) is 18.2 Å². The predicted molar refractivity (Wildman–Crippen MR) is 67.9 cm³/mol. The molecule has 1 aromatic carbocycles. The predicted octanol–water partition coefficient (Wildman–Crippen LogP) is 1.39. The van der Waals surface area contributed by atoms with E-state index in [0.29, 0.717) is 6.54 Å². The van der Waals surface area contributed by atoms with Crippen LogP contribution in [0.25, 0.3) is 0 Å². The van der Waals surface area contributed by atoms with Gasteiger partial charge in [0.1, 0.15) is 9.92 Å². The summed E-state index contributed by atoms with van der Waals surface area (Å²) in [5.74, 6) is 0. The zero-order valence-electron chi connectivity index (χ0n) is 9.08. The van der Waals surface area contributed by atoms with E-state index in [1.54, 1.807) is 0 Å². The quantitative estimate of drug-likeness (QED) is 0.770. The van der Waals surface area contributed by atoms with Gasteiger partial charge in [-0.2, -0.15) is 0 Å². The number of halogens is 1. The fraction of sp³-hybridized carbons (Fsp3) is 0.400. The van der Waals surface area contributed by atoms with E-state index in [9.17, 15) is 4.21 Å². The summed E-state index contributed by atoms with van der Waals surface area (Å²) >= 11 is 0. The van der Waals surface area contributed by atoms with Crippen molar-refractivity contribution in [3.8, 4) is 0 Å². The molecule has 1 unspecified atom stereocenters. The summed E-state index contributed by atoms with van der Waals surface area (Å²) < 4.78 is 21.1. The van der Waals surface area contributed by atoms with Crippen molar-refractivity contribution in [3.05, 3.63) is 34.9 Å². The van der Waals surface area contributed by atoms with Crippen molar-refractivity contribution in [3.63, 3.8) is 0 Å². The highest BCUT2D eigenvalue weighted by Crippen LogP contribution is 2.16. The van der Waals surface area contributed by atoms with Crippen molar-refractivity contribution in [1.29, 1.82) is 4.78 Å². The van der Waals surface area contributed by atoms with Crippen molar-refractivity contribution in [2.24, 2.45) is 0 Å². The number of hydrogen-bond acceptors (Lipinski definition) is 3. The molecule has 1 aliphatic heterocycles. The Labute approximate surface area is 102 Å². The lowest BCUT2D eigenvalue weighted by Crippen LogP contribution is -2.19. The van der Waals surface area contributed by atoms with Gasteiger partial charge in [-0.05, 0) is 16.7 Å². The van der Waals surface area contributed by atoms with Crippen LogP contribution in [0.4, 0.5) is 0 Å². The van der Waals surface area contributed by atoms with E-state index in [0.717, 1.165) is 18.7 Å². The maximum Gasteiger partial charge on any atom is 0.102 e. The maximum atomic E-state index is 11.1. The smallest absolute Gasteiger partial charge is 0.102 e. The lowest BCUT2D eigenvalue weighted by Gasteiger charge is -2.06. The van der Waals surface area contributed by atoms with Crippen LogP contribution in [-0.2, 0) is 29.5 Å². The molecule has 1 atom stereocenters. The summed E-state index contributed by atoms with van der Waals surface area (Å²) in [6, 6.07) is 6.21. The third-order valence-electron chi connectivity index (χ3n) is 2.45. The van der Waals surface area contributed by atoms with Gasteiger partial charge in [-0.25, -0.2) is 13.7 Å². The van der Waals surface area contributed by atoms with Gasteiger partial charge in [-0.3, -0.25) is 0 Å². The van der Waals surface area contributed by atoms with Gasteiger partial charge in [0.15, 0.2) is 0 Å². The lowest BCUT2D eigenvalue weighted by atomic mass is 10.1. The van der Waals surface area contributed by atoms with Crippen LogP contribution in [0.1, 0.15) is 16.7 Å². The molecule has 6 heteroatoms. The molecule has 90 valence electrons. The molecule has 0 bridgehead atoms. The number of nitrogens with one attached hydrogen (secondary N) is 3. The van der Waals surface area contributed by atoms with Crippen LogP contribution >= 0.6 is 12.4 Å². The van der Waals surface area contributed by atoms with E-state index in [-0.39, 0.29) is 12.4 Å². The summed E-state index contributed by atoms with van der Waals surface area (Å²) in [4.78, 5) is 0. The Hall–Kier alpha value is -0.620. The maximum absolute atomic E-state index is 11.1. The summed E-state index contributed by atoms with van der Waals surface area (Å²) in [7, 11) is -2.60. The van der Waals surface area contributed by atoms with Gasteiger partial charge >= 0.3 is 0 Å². The molecule has 16 heavy (non-hydrogen) atoms. The van der Waals surface area contributed by atoms with E-state index >= 15 is 0 Å². The topological polar surface area (TPSA) is 65.0 Å². The van der Waals surface area contributed by atoms with Crippen LogP contribution in [0.3, 0.4) is 0 Å². The molecule has 0 radical (unpaired) electrons. The molecule has 0 amide bonds. The Morgan fingerprint density at radius 1 is 1.44 bits per heavy atom. The highest BCUT2D eigenvalue weighted by molar-refractivity contribution is 7.89. The Balaban J connectivity index is 0.00000128. The first kappa shape index (κ1) is 13.4. The Kier molecular flexibility index (Phi) is 4.32. The van der Waals surface area contributed by atoms with Crippen LogP contribution in [0.15, 0.2) is 18.2 Å². The van der Waals surface area contributed by atoms with E-state index in [4.69, 9.17) is 4.78 Å². The van der Waals surface area contributed by atoms with Crippen LogP contribution in [0.2, 0.25) is 0 Å². The summed E-state index contributed by atoms with van der Waals surface area (Å²) in [6.07, 6.45) is 1.39. The van der Waals surface area contributed by atoms with Crippen LogP contribution in [-0.4, -0.2) is 10.5 Å². The summed E-state index contributed by atoms with van der Waals surface area (Å²) in [6.45, 7) is 2.34. The van der Waals surface area contributed by atoms with Gasteiger partial charge in [0, 0.05) is 25.9 Å². The monoisotopic (exact) mass is 261 g/mol. The third-order valence-corrected chi connectivity index (χ3v) is 3.15. The minimum Gasteiger partial charge on any atom is -0.309 e. The molecule has 0 saturated carbocycles. The van der Waals surface area contributed by atoms with Gasteiger partial charge in [-0.15, -0.1) is 12.4 Å². The summed E-state index contributed by atoms with van der Waals surface area (Å²) in [5, 5.41) is 3.27. The molecule has 1 heterocycles. The SMILES string of the molecule is CS(=N)(=O)NCc1ccc2c(c1)CNC2.Cl. The second-order valence-corrected chi connectivity index (χ2v) is 5.85. The Morgan fingerprint density at radius 2 is 2.12 bits per heavy atom. The van der Waals surface area contributed by atoms with Crippen molar-refractivity contribution < 1.29 is 4.21 Å². The van der Waals surface area contributed by atoms with E-state index in [1.165, 1.54) is 17.4 Å². The zero-order chi connectivity index (χ0) is 10.9. The van der Waals surface area contributed by atoms with Crippen molar-refractivity contribution >= 4 is 22.3 Å². The van der Waals surface area contributed by atoms with Gasteiger partial charge in [0.2, 0.25) is 0 Å². The third kappa shape index (κ3) is 3.45. The molecule has 0 aliphatic carbocycles. The summed E-state index contributed by atoms with van der Waals surface area (Å²) in [5.41, 5.74) is 3.73.